The van der Waals surface area contributed by atoms with Crippen LogP contribution in [0, 0.1) is 0 Å². The molecule has 5 nitrogen and oxygen atoms in total. The zero-order valence-electron chi connectivity index (χ0n) is 13.6. The molecule has 7 heteroatoms. The largest absolute Gasteiger partial charge is 0.492 e. The molecule has 1 N–H and O–H groups in total. The fraction of sp³-hybridized carbons (Fsp3) is 0.167. The zero-order valence-corrected chi connectivity index (χ0v) is 15.2. The highest BCUT2D eigenvalue weighted by Gasteiger charge is 2.11. The van der Waals surface area contributed by atoms with Crippen LogP contribution in [0.4, 0.5) is 5.69 Å². The maximum absolute atomic E-state index is 12.4. The van der Waals surface area contributed by atoms with E-state index < -0.39 is 9.84 Å². The Hall–Kier alpha value is -2.38. The van der Waals surface area contributed by atoms with Gasteiger partial charge in [-0.25, -0.2) is 8.42 Å². The van der Waals surface area contributed by atoms with Gasteiger partial charge in [-0.15, -0.1) is 11.3 Å². The van der Waals surface area contributed by atoms with Crippen LogP contribution in [0.25, 0.3) is 10.1 Å². The second-order valence-corrected chi connectivity index (χ2v) is 8.95. The van der Waals surface area contributed by atoms with Crippen molar-refractivity contribution < 1.29 is 17.9 Å². The summed E-state index contributed by atoms with van der Waals surface area (Å²) in [5, 5.41) is 3.88. The quantitative estimate of drug-likeness (QED) is 0.715. The van der Waals surface area contributed by atoms with Crippen molar-refractivity contribution in [1.29, 1.82) is 0 Å². The van der Waals surface area contributed by atoms with E-state index in [-0.39, 0.29) is 18.3 Å². The Morgan fingerprint density at radius 2 is 1.92 bits per heavy atom. The number of amides is 1. The van der Waals surface area contributed by atoms with Crippen molar-refractivity contribution in [1.82, 2.24) is 0 Å². The van der Waals surface area contributed by atoms with Gasteiger partial charge in [0, 0.05) is 22.7 Å². The second-order valence-electron chi connectivity index (χ2n) is 5.61. The summed E-state index contributed by atoms with van der Waals surface area (Å²) in [6.45, 7) is 0.0759. The smallest absolute Gasteiger partial charge is 0.265 e. The normalized spacial score (nSPS) is 11.4. The molecule has 0 spiro atoms. The third-order valence-corrected chi connectivity index (χ3v) is 5.49. The summed E-state index contributed by atoms with van der Waals surface area (Å²) in [5.74, 6) is 0.276. The molecule has 130 valence electrons. The number of anilines is 1. The van der Waals surface area contributed by atoms with Crippen LogP contribution in [0.15, 0.2) is 54.6 Å². The van der Waals surface area contributed by atoms with E-state index in [4.69, 9.17) is 4.74 Å². The monoisotopic (exact) mass is 375 g/mol. The molecule has 3 aromatic rings. The summed E-state index contributed by atoms with van der Waals surface area (Å²) in [6, 6.07) is 16.6. The number of benzene rings is 2. The first-order valence-corrected chi connectivity index (χ1v) is 10.5. The lowest BCUT2D eigenvalue weighted by molar-refractivity contribution is 0.103. The molecule has 2 aromatic carbocycles. The van der Waals surface area contributed by atoms with Gasteiger partial charge in [0.15, 0.2) is 9.84 Å². The fourth-order valence-electron chi connectivity index (χ4n) is 2.26. The highest BCUT2D eigenvalue weighted by Crippen LogP contribution is 2.26. The Balaban J connectivity index is 1.67. The molecule has 0 unspecified atom stereocenters. The van der Waals surface area contributed by atoms with Crippen LogP contribution in [0.3, 0.4) is 0 Å². The Kier molecular flexibility index (Phi) is 5.06. The number of hydrogen-bond donors (Lipinski definition) is 1. The van der Waals surface area contributed by atoms with Gasteiger partial charge in [0.25, 0.3) is 5.91 Å². The molecule has 0 radical (unpaired) electrons. The summed E-state index contributed by atoms with van der Waals surface area (Å²) in [7, 11) is -3.07. The van der Waals surface area contributed by atoms with E-state index in [0.29, 0.717) is 16.3 Å². The number of thiophene rings is 1. The van der Waals surface area contributed by atoms with E-state index in [1.807, 2.05) is 30.3 Å². The molecule has 1 heterocycles. The van der Waals surface area contributed by atoms with Gasteiger partial charge in [-0.3, -0.25) is 4.79 Å². The molecule has 0 saturated carbocycles. The van der Waals surface area contributed by atoms with Crippen molar-refractivity contribution in [2.75, 3.05) is 23.9 Å². The van der Waals surface area contributed by atoms with Crippen LogP contribution in [-0.4, -0.2) is 32.9 Å². The molecule has 0 fully saturated rings. The van der Waals surface area contributed by atoms with Gasteiger partial charge < -0.3 is 10.1 Å². The Morgan fingerprint density at radius 3 is 2.68 bits per heavy atom. The van der Waals surface area contributed by atoms with E-state index in [9.17, 15) is 13.2 Å². The molecule has 0 aliphatic carbocycles. The Morgan fingerprint density at radius 1 is 1.12 bits per heavy atom. The maximum atomic E-state index is 12.4. The molecule has 0 atom stereocenters. The van der Waals surface area contributed by atoms with E-state index in [2.05, 4.69) is 5.32 Å². The molecule has 1 amide bonds. The first-order chi connectivity index (χ1) is 11.9. The Bertz CT molecular complexity index is 976. The van der Waals surface area contributed by atoms with Crippen molar-refractivity contribution in [3.63, 3.8) is 0 Å². The summed E-state index contributed by atoms with van der Waals surface area (Å²) >= 11 is 1.44. The number of carbonyl (C=O) groups excluding carboxylic acids is 1. The summed E-state index contributed by atoms with van der Waals surface area (Å²) in [6.07, 6.45) is 1.16. The average molecular weight is 375 g/mol. The topological polar surface area (TPSA) is 72.5 Å². The minimum Gasteiger partial charge on any atom is -0.492 e. The van der Waals surface area contributed by atoms with Crippen LogP contribution in [0.5, 0.6) is 5.75 Å². The number of carbonyl (C=O) groups is 1. The SMILES string of the molecule is CS(=O)(=O)CCOc1cccc(NC(=O)c2cc3ccccc3s2)c1. The standard InChI is InChI=1S/C18H17NO4S2/c1-25(21,22)10-9-23-15-7-4-6-14(12-15)19-18(20)17-11-13-5-2-3-8-16(13)24-17/h2-8,11-12H,9-10H2,1H3,(H,19,20). The highest BCUT2D eigenvalue weighted by atomic mass is 32.2. The summed E-state index contributed by atoms with van der Waals surface area (Å²) < 4.78 is 28.7. The lowest BCUT2D eigenvalue weighted by Gasteiger charge is -2.08. The van der Waals surface area contributed by atoms with Crippen molar-refractivity contribution in [2.24, 2.45) is 0 Å². The van der Waals surface area contributed by atoms with Gasteiger partial charge in [-0.05, 0) is 29.7 Å². The van der Waals surface area contributed by atoms with Crippen LogP contribution < -0.4 is 10.1 Å². The molecule has 0 saturated heterocycles. The summed E-state index contributed by atoms with van der Waals surface area (Å²) in [5.41, 5.74) is 0.597. The second kappa shape index (κ2) is 7.25. The number of rotatable bonds is 6. The Labute approximate surface area is 150 Å². The van der Waals surface area contributed by atoms with E-state index >= 15 is 0 Å². The predicted octanol–water partition coefficient (Wildman–Crippen LogP) is 3.58. The van der Waals surface area contributed by atoms with Gasteiger partial charge in [0.05, 0.1) is 10.6 Å². The maximum Gasteiger partial charge on any atom is 0.265 e. The lowest BCUT2D eigenvalue weighted by atomic mass is 10.2. The first kappa shape index (κ1) is 17.4. The summed E-state index contributed by atoms with van der Waals surface area (Å²) in [4.78, 5) is 13.0. The molecule has 25 heavy (non-hydrogen) atoms. The first-order valence-electron chi connectivity index (χ1n) is 7.61. The molecule has 3 rings (SSSR count). The third-order valence-electron chi connectivity index (χ3n) is 3.46. The van der Waals surface area contributed by atoms with E-state index in [1.165, 1.54) is 11.3 Å². The van der Waals surface area contributed by atoms with Crippen molar-refractivity contribution >= 4 is 42.9 Å². The minimum atomic E-state index is -3.07. The number of fused-ring (bicyclic) bond motifs is 1. The number of sulfone groups is 1. The number of hydrogen-bond acceptors (Lipinski definition) is 5. The highest BCUT2D eigenvalue weighted by molar-refractivity contribution is 7.90. The number of nitrogens with one attached hydrogen (secondary N) is 1. The molecule has 0 aliphatic heterocycles. The molecule has 0 aliphatic rings. The van der Waals surface area contributed by atoms with Gasteiger partial charge in [-0.1, -0.05) is 24.3 Å². The fourth-order valence-corrected chi connectivity index (χ4v) is 3.61. The van der Waals surface area contributed by atoms with Crippen molar-refractivity contribution in [3.8, 4) is 5.75 Å². The lowest BCUT2D eigenvalue weighted by Crippen LogP contribution is -2.12. The molecule has 0 bridgehead atoms. The predicted molar refractivity (Wildman–Crippen MR) is 101 cm³/mol. The van der Waals surface area contributed by atoms with Gasteiger partial charge >= 0.3 is 0 Å². The zero-order chi connectivity index (χ0) is 17.9. The van der Waals surface area contributed by atoms with Gasteiger partial charge in [-0.2, -0.15) is 0 Å². The molecular formula is C18H17NO4S2. The molecular weight excluding hydrogens is 358 g/mol. The van der Waals surface area contributed by atoms with Crippen molar-refractivity contribution in [3.05, 3.63) is 59.5 Å². The van der Waals surface area contributed by atoms with E-state index in [1.54, 1.807) is 24.3 Å². The van der Waals surface area contributed by atoms with Crippen LogP contribution in [0.2, 0.25) is 0 Å². The molecule has 1 aromatic heterocycles. The third kappa shape index (κ3) is 4.80. The van der Waals surface area contributed by atoms with Crippen LogP contribution in [-0.2, 0) is 9.84 Å². The van der Waals surface area contributed by atoms with Crippen LogP contribution >= 0.6 is 11.3 Å². The van der Waals surface area contributed by atoms with Crippen LogP contribution in [0.1, 0.15) is 9.67 Å². The van der Waals surface area contributed by atoms with Crippen molar-refractivity contribution in [2.45, 2.75) is 0 Å². The number of ether oxygens (including phenoxy) is 1. The minimum absolute atomic E-state index is 0.0502. The average Bonchev–Trinajstić information content (AvgIpc) is 2.98. The van der Waals surface area contributed by atoms with E-state index in [0.717, 1.165) is 16.3 Å². The van der Waals surface area contributed by atoms with Gasteiger partial charge in [0.2, 0.25) is 0 Å². The van der Waals surface area contributed by atoms with Gasteiger partial charge in [0.1, 0.15) is 12.4 Å².